The maximum Gasteiger partial charge on any atom is 0.416 e. The second kappa shape index (κ2) is 7.36. The second-order valence-corrected chi connectivity index (χ2v) is 6.28. The van der Waals surface area contributed by atoms with Crippen molar-refractivity contribution in [3.05, 3.63) is 71.3 Å². The van der Waals surface area contributed by atoms with E-state index >= 15 is 0 Å². The number of nitrogens with one attached hydrogen (secondary N) is 1. The smallest absolute Gasteiger partial charge is 0.309 e. The minimum absolute atomic E-state index is 0.385. The van der Waals surface area contributed by atoms with E-state index in [0.29, 0.717) is 12.6 Å². The van der Waals surface area contributed by atoms with Crippen molar-refractivity contribution in [2.75, 3.05) is 13.1 Å². The van der Waals surface area contributed by atoms with Crippen LogP contribution in [0, 0.1) is 0 Å². The summed E-state index contributed by atoms with van der Waals surface area (Å²) in [4.78, 5) is 2.40. The van der Waals surface area contributed by atoms with Gasteiger partial charge in [-0.15, -0.1) is 0 Å². The zero-order chi connectivity index (χ0) is 17.0. The lowest BCUT2D eigenvalue weighted by Crippen LogP contribution is -2.31. The van der Waals surface area contributed by atoms with Crippen LogP contribution in [0.3, 0.4) is 0 Å². The molecule has 0 aliphatic carbocycles. The molecule has 5 heteroatoms. The first kappa shape index (κ1) is 17.0. The lowest BCUT2D eigenvalue weighted by Gasteiger charge is -2.17. The van der Waals surface area contributed by atoms with E-state index in [9.17, 15) is 13.2 Å². The van der Waals surface area contributed by atoms with Gasteiger partial charge in [-0.1, -0.05) is 42.5 Å². The average molecular weight is 334 g/mol. The lowest BCUT2D eigenvalue weighted by atomic mass is 10.1. The van der Waals surface area contributed by atoms with Gasteiger partial charge in [0.2, 0.25) is 0 Å². The fraction of sp³-hybridized carbons (Fsp3) is 0.368. The van der Waals surface area contributed by atoms with E-state index in [4.69, 9.17) is 0 Å². The molecule has 0 amide bonds. The van der Waals surface area contributed by atoms with Crippen LogP contribution >= 0.6 is 0 Å². The quantitative estimate of drug-likeness (QED) is 0.887. The second-order valence-electron chi connectivity index (χ2n) is 6.28. The van der Waals surface area contributed by atoms with Crippen molar-refractivity contribution >= 4 is 0 Å². The van der Waals surface area contributed by atoms with Crippen molar-refractivity contribution in [1.82, 2.24) is 10.2 Å². The van der Waals surface area contributed by atoms with Gasteiger partial charge in [-0.3, -0.25) is 4.90 Å². The van der Waals surface area contributed by atoms with Crippen LogP contribution in [0.25, 0.3) is 0 Å². The number of alkyl halides is 3. The van der Waals surface area contributed by atoms with Crippen molar-refractivity contribution < 1.29 is 13.2 Å². The van der Waals surface area contributed by atoms with Crippen LogP contribution in [-0.2, 0) is 19.3 Å². The molecule has 1 aliphatic rings. The van der Waals surface area contributed by atoms with Crippen LogP contribution in [0.15, 0.2) is 54.6 Å². The molecule has 24 heavy (non-hydrogen) atoms. The largest absolute Gasteiger partial charge is 0.416 e. The fourth-order valence-corrected chi connectivity index (χ4v) is 3.06. The van der Waals surface area contributed by atoms with Crippen molar-refractivity contribution in [1.29, 1.82) is 0 Å². The Bertz CT molecular complexity index is 638. The molecule has 128 valence electrons. The zero-order valence-electron chi connectivity index (χ0n) is 13.4. The van der Waals surface area contributed by atoms with E-state index in [0.717, 1.165) is 43.8 Å². The fourth-order valence-electron chi connectivity index (χ4n) is 3.06. The summed E-state index contributed by atoms with van der Waals surface area (Å²) in [6.07, 6.45) is -3.21. The van der Waals surface area contributed by atoms with Gasteiger partial charge in [0.25, 0.3) is 0 Å². The van der Waals surface area contributed by atoms with Gasteiger partial charge in [0.15, 0.2) is 0 Å². The van der Waals surface area contributed by atoms with Gasteiger partial charge in [0.05, 0.1) is 5.56 Å². The molecular weight excluding hydrogens is 313 g/mol. The molecule has 2 aromatic rings. The highest BCUT2D eigenvalue weighted by Gasteiger charge is 2.30. The van der Waals surface area contributed by atoms with Gasteiger partial charge in [0, 0.05) is 32.2 Å². The van der Waals surface area contributed by atoms with Crippen LogP contribution in [0.1, 0.15) is 23.1 Å². The van der Waals surface area contributed by atoms with Crippen molar-refractivity contribution in [2.24, 2.45) is 0 Å². The predicted octanol–water partition coefficient (Wildman–Crippen LogP) is 4.07. The molecule has 0 spiro atoms. The summed E-state index contributed by atoms with van der Waals surface area (Å²) in [6.45, 7) is 3.55. The van der Waals surface area contributed by atoms with Crippen LogP contribution in [-0.4, -0.2) is 24.0 Å². The highest BCUT2D eigenvalue weighted by Crippen LogP contribution is 2.29. The molecule has 2 nitrogen and oxygen atoms in total. The van der Waals surface area contributed by atoms with E-state index < -0.39 is 11.7 Å². The molecule has 0 saturated carbocycles. The van der Waals surface area contributed by atoms with Crippen LogP contribution in [0.2, 0.25) is 0 Å². The number of hydrogen-bond acceptors (Lipinski definition) is 2. The maximum absolute atomic E-state index is 12.6. The van der Waals surface area contributed by atoms with E-state index in [1.165, 1.54) is 5.56 Å². The Morgan fingerprint density at radius 3 is 2.33 bits per heavy atom. The van der Waals surface area contributed by atoms with E-state index in [1.807, 2.05) is 18.2 Å². The van der Waals surface area contributed by atoms with Crippen LogP contribution < -0.4 is 5.32 Å². The number of nitrogens with zero attached hydrogens (tertiary/aromatic N) is 1. The summed E-state index contributed by atoms with van der Waals surface area (Å²) in [6, 6.07) is 16.1. The minimum Gasteiger partial charge on any atom is -0.309 e. The van der Waals surface area contributed by atoms with E-state index in [-0.39, 0.29) is 0 Å². The van der Waals surface area contributed by atoms with Gasteiger partial charge in [-0.25, -0.2) is 0 Å². The van der Waals surface area contributed by atoms with Gasteiger partial charge < -0.3 is 5.32 Å². The topological polar surface area (TPSA) is 15.3 Å². The normalized spacial score (nSPS) is 18.9. The Balaban J connectivity index is 1.46. The summed E-state index contributed by atoms with van der Waals surface area (Å²) in [5, 5.41) is 3.45. The van der Waals surface area contributed by atoms with Crippen molar-refractivity contribution in [3.8, 4) is 0 Å². The molecular formula is C19H21F3N2. The molecule has 1 unspecified atom stereocenters. The minimum atomic E-state index is -4.27. The average Bonchev–Trinajstić information content (AvgIpc) is 3.01. The van der Waals surface area contributed by atoms with Crippen LogP contribution in [0.4, 0.5) is 13.2 Å². The molecule has 2 aromatic carbocycles. The van der Waals surface area contributed by atoms with Crippen LogP contribution in [0.5, 0.6) is 0 Å². The van der Waals surface area contributed by atoms with Gasteiger partial charge in [0.1, 0.15) is 0 Å². The SMILES string of the molecule is FC(F)(F)c1ccc(CNC2CCN(Cc3ccccc3)C2)cc1. The molecule has 0 radical (unpaired) electrons. The first-order valence-corrected chi connectivity index (χ1v) is 8.16. The number of likely N-dealkylation sites (tertiary alicyclic amines) is 1. The van der Waals surface area contributed by atoms with Gasteiger partial charge in [-0.2, -0.15) is 13.2 Å². The highest BCUT2D eigenvalue weighted by molar-refractivity contribution is 5.24. The molecule has 1 aliphatic heterocycles. The number of benzene rings is 2. The number of halogens is 3. The third kappa shape index (κ3) is 4.58. The Morgan fingerprint density at radius 2 is 1.67 bits per heavy atom. The third-order valence-corrected chi connectivity index (χ3v) is 4.40. The molecule has 0 bridgehead atoms. The summed E-state index contributed by atoms with van der Waals surface area (Å²) < 4.78 is 37.7. The first-order valence-electron chi connectivity index (χ1n) is 8.16. The molecule has 3 rings (SSSR count). The maximum atomic E-state index is 12.6. The third-order valence-electron chi connectivity index (χ3n) is 4.40. The molecule has 1 heterocycles. The number of hydrogen-bond donors (Lipinski definition) is 1. The Morgan fingerprint density at radius 1 is 0.958 bits per heavy atom. The zero-order valence-corrected chi connectivity index (χ0v) is 13.4. The summed E-state index contributed by atoms with van der Waals surface area (Å²) in [7, 11) is 0. The molecule has 1 saturated heterocycles. The van der Waals surface area contributed by atoms with Crippen molar-refractivity contribution in [2.45, 2.75) is 31.7 Å². The Labute approximate surface area is 140 Å². The number of rotatable bonds is 5. The van der Waals surface area contributed by atoms with E-state index in [2.05, 4.69) is 22.3 Å². The predicted molar refractivity (Wildman–Crippen MR) is 88.4 cm³/mol. The summed E-state index contributed by atoms with van der Waals surface area (Å²) in [5.41, 5.74) is 1.59. The molecule has 1 atom stereocenters. The summed E-state index contributed by atoms with van der Waals surface area (Å²) in [5.74, 6) is 0. The molecule has 0 aromatic heterocycles. The highest BCUT2D eigenvalue weighted by atomic mass is 19.4. The summed E-state index contributed by atoms with van der Waals surface area (Å²) >= 11 is 0. The molecule has 1 N–H and O–H groups in total. The molecule has 1 fully saturated rings. The standard InChI is InChI=1S/C19H21F3N2/c20-19(21,22)17-8-6-15(7-9-17)12-23-18-10-11-24(14-18)13-16-4-2-1-3-5-16/h1-9,18,23H,10-14H2. The van der Waals surface area contributed by atoms with E-state index in [1.54, 1.807) is 12.1 Å². The first-order chi connectivity index (χ1) is 11.5. The van der Waals surface area contributed by atoms with Gasteiger partial charge >= 0.3 is 6.18 Å². The lowest BCUT2D eigenvalue weighted by molar-refractivity contribution is -0.137. The van der Waals surface area contributed by atoms with Gasteiger partial charge in [-0.05, 0) is 29.7 Å². The Hall–Kier alpha value is -1.85. The monoisotopic (exact) mass is 334 g/mol. The Kier molecular flexibility index (Phi) is 5.21. The van der Waals surface area contributed by atoms with Crippen molar-refractivity contribution in [3.63, 3.8) is 0 Å².